The topological polar surface area (TPSA) is 45.3 Å². The van der Waals surface area contributed by atoms with Crippen molar-refractivity contribution in [2.45, 2.75) is 117 Å². The average Bonchev–Trinajstić information content (AvgIpc) is 3.55. The molecule has 3 aliphatic rings. The monoisotopic (exact) mass is 525 g/mol. The Hall–Kier alpha value is -0.260. The van der Waals surface area contributed by atoms with E-state index in [-0.39, 0.29) is 0 Å². The first-order valence-electron chi connectivity index (χ1n) is 15.2. The zero-order chi connectivity index (χ0) is 25.9. The smallest absolute Gasteiger partial charge is 0.259 e. The van der Waals surface area contributed by atoms with Crippen LogP contribution in [0.2, 0.25) is 0 Å². The molecule has 1 unspecified atom stereocenters. The first-order valence-corrected chi connectivity index (χ1v) is 16.3. The van der Waals surface area contributed by atoms with Gasteiger partial charge in [0, 0.05) is 38.3 Å². The lowest BCUT2D eigenvalue weighted by Gasteiger charge is -2.38. The molecule has 0 aromatic rings. The van der Waals surface area contributed by atoms with E-state index in [9.17, 15) is 4.79 Å². The minimum absolute atomic E-state index is 0.352. The van der Waals surface area contributed by atoms with Crippen LogP contribution >= 0.6 is 8.53 Å². The molecule has 0 aromatic carbocycles. The molecule has 0 radical (unpaired) electrons. The van der Waals surface area contributed by atoms with E-state index in [1.54, 1.807) is 0 Å². The summed E-state index contributed by atoms with van der Waals surface area (Å²) in [6, 6.07) is 0.785. The maximum Gasteiger partial charge on any atom is 0.259 e. The lowest BCUT2D eigenvalue weighted by atomic mass is 9.98. The van der Waals surface area contributed by atoms with Gasteiger partial charge in [0.1, 0.15) is 0 Å². The van der Waals surface area contributed by atoms with Crippen molar-refractivity contribution in [3.63, 3.8) is 0 Å². The summed E-state index contributed by atoms with van der Waals surface area (Å²) >= 11 is 0. The largest absolute Gasteiger partial charge is 0.342 e. The molecule has 7 heteroatoms. The Morgan fingerprint density at radius 2 is 1.36 bits per heavy atom. The van der Waals surface area contributed by atoms with Crippen molar-refractivity contribution in [3.05, 3.63) is 0 Å². The van der Waals surface area contributed by atoms with E-state index in [0.717, 1.165) is 70.5 Å². The Morgan fingerprint density at radius 1 is 0.833 bits per heavy atom. The highest BCUT2D eigenvalue weighted by molar-refractivity contribution is 7.44. The second-order valence-corrected chi connectivity index (χ2v) is 13.7. The van der Waals surface area contributed by atoms with E-state index < -0.39 is 8.53 Å². The number of amides is 1. The highest BCUT2D eigenvalue weighted by atomic mass is 31.2. The molecule has 2 saturated carbocycles. The van der Waals surface area contributed by atoms with Gasteiger partial charge in [0.25, 0.3) is 8.53 Å². The van der Waals surface area contributed by atoms with Crippen LogP contribution in [0.1, 0.15) is 105 Å². The fourth-order valence-electron chi connectivity index (χ4n) is 6.44. The predicted molar refractivity (Wildman–Crippen MR) is 151 cm³/mol. The van der Waals surface area contributed by atoms with Crippen molar-refractivity contribution in [1.29, 1.82) is 0 Å². The molecule has 1 atom stereocenters. The molecule has 36 heavy (non-hydrogen) atoms. The summed E-state index contributed by atoms with van der Waals surface area (Å²) in [5.74, 6) is 2.48. The van der Waals surface area contributed by atoms with Gasteiger partial charge in [-0.25, -0.2) is 4.67 Å². The molecule has 6 nitrogen and oxygen atoms in total. The van der Waals surface area contributed by atoms with Crippen LogP contribution in [0, 0.1) is 17.8 Å². The quantitative estimate of drug-likeness (QED) is 0.223. The van der Waals surface area contributed by atoms with Crippen molar-refractivity contribution < 1.29 is 13.8 Å². The molecule has 1 amide bonds. The van der Waals surface area contributed by atoms with Crippen LogP contribution in [0.15, 0.2) is 0 Å². The van der Waals surface area contributed by atoms with Crippen molar-refractivity contribution >= 4 is 14.4 Å². The molecule has 0 aromatic heterocycles. The summed E-state index contributed by atoms with van der Waals surface area (Å²) in [5.41, 5.74) is 0. The third-order valence-corrected chi connectivity index (χ3v) is 10.5. The lowest BCUT2D eigenvalue weighted by Crippen LogP contribution is -2.46. The number of hydrogen-bond acceptors (Lipinski definition) is 5. The number of likely N-dealkylation sites (tertiary alicyclic amines) is 1. The second kappa shape index (κ2) is 16.0. The summed E-state index contributed by atoms with van der Waals surface area (Å²) < 4.78 is 15.0. The molecule has 0 spiro atoms. The third kappa shape index (κ3) is 9.80. The zero-order valence-corrected chi connectivity index (χ0v) is 25.0. The summed E-state index contributed by atoms with van der Waals surface area (Å²) in [4.78, 5) is 18.0. The van der Waals surface area contributed by atoms with Crippen LogP contribution in [-0.2, 0) is 13.8 Å². The van der Waals surface area contributed by atoms with E-state index in [0.29, 0.717) is 30.5 Å². The molecular weight excluding hydrogens is 469 g/mol. The number of piperidine rings is 1. The standard InChI is InChI=1S/C29H56N3O3P/c1-6-19-34-36(32(24(2)3)25(4)5)35-23-28-15-17-31(18-16-28)29(33)22-30(20-26-11-7-8-12-26)21-27-13-9-10-14-27/h24-28H,6-23H2,1-5H3. The molecule has 210 valence electrons. The van der Waals surface area contributed by atoms with E-state index in [1.807, 2.05) is 0 Å². The molecule has 1 heterocycles. The van der Waals surface area contributed by atoms with E-state index in [2.05, 4.69) is 49.1 Å². The minimum atomic E-state index is -1.04. The molecule has 0 N–H and O–H groups in total. The molecule has 3 fully saturated rings. The first-order chi connectivity index (χ1) is 17.4. The summed E-state index contributed by atoms with van der Waals surface area (Å²) in [7, 11) is -1.04. The lowest BCUT2D eigenvalue weighted by molar-refractivity contribution is -0.134. The van der Waals surface area contributed by atoms with Gasteiger partial charge in [-0.1, -0.05) is 32.6 Å². The van der Waals surface area contributed by atoms with Crippen LogP contribution in [0.3, 0.4) is 0 Å². The zero-order valence-electron chi connectivity index (χ0n) is 24.1. The fraction of sp³-hybridized carbons (Fsp3) is 0.966. The van der Waals surface area contributed by atoms with Crippen molar-refractivity contribution in [2.24, 2.45) is 17.8 Å². The molecule has 3 rings (SSSR count). The van der Waals surface area contributed by atoms with Crippen LogP contribution in [0.5, 0.6) is 0 Å². The van der Waals surface area contributed by atoms with Gasteiger partial charge in [-0.3, -0.25) is 9.69 Å². The van der Waals surface area contributed by atoms with E-state index >= 15 is 0 Å². The Balaban J connectivity index is 1.45. The summed E-state index contributed by atoms with van der Waals surface area (Å²) in [6.07, 6.45) is 14.0. The number of nitrogens with zero attached hydrogens (tertiary/aromatic N) is 3. The molecule has 2 aliphatic carbocycles. The minimum Gasteiger partial charge on any atom is -0.342 e. The third-order valence-electron chi connectivity index (χ3n) is 8.38. The maximum absolute atomic E-state index is 13.3. The van der Waals surface area contributed by atoms with Gasteiger partial charge in [-0.05, 0) is 90.4 Å². The van der Waals surface area contributed by atoms with Gasteiger partial charge in [-0.15, -0.1) is 0 Å². The normalized spacial score (nSPS) is 21.6. The fourth-order valence-corrected chi connectivity index (χ4v) is 8.22. The van der Waals surface area contributed by atoms with Gasteiger partial charge in [0.2, 0.25) is 5.91 Å². The molecule has 0 bridgehead atoms. The average molecular weight is 526 g/mol. The number of carbonyl (C=O) groups is 1. The Morgan fingerprint density at radius 3 is 1.83 bits per heavy atom. The van der Waals surface area contributed by atoms with E-state index in [1.165, 1.54) is 51.4 Å². The molecule has 1 saturated heterocycles. The van der Waals surface area contributed by atoms with Gasteiger partial charge >= 0.3 is 0 Å². The maximum atomic E-state index is 13.3. The SMILES string of the molecule is CCCOP(OCC1CCN(C(=O)CN(CC2CCCC2)CC2CCCC2)CC1)N(C(C)C)C(C)C. The van der Waals surface area contributed by atoms with Crippen LogP contribution in [0.25, 0.3) is 0 Å². The van der Waals surface area contributed by atoms with Gasteiger partial charge in [-0.2, -0.15) is 0 Å². The Kier molecular flexibility index (Phi) is 13.4. The van der Waals surface area contributed by atoms with Crippen LogP contribution in [0.4, 0.5) is 0 Å². The molecular formula is C29H56N3O3P. The number of carbonyl (C=O) groups excluding carboxylic acids is 1. The van der Waals surface area contributed by atoms with Crippen molar-refractivity contribution in [1.82, 2.24) is 14.5 Å². The predicted octanol–water partition coefficient (Wildman–Crippen LogP) is 6.70. The summed E-state index contributed by atoms with van der Waals surface area (Å²) in [6.45, 7) is 17.2. The van der Waals surface area contributed by atoms with Gasteiger partial charge in [0.15, 0.2) is 0 Å². The molecule has 1 aliphatic heterocycles. The van der Waals surface area contributed by atoms with Crippen molar-refractivity contribution in [2.75, 3.05) is 45.9 Å². The number of rotatable bonds is 15. The van der Waals surface area contributed by atoms with Gasteiger partial charge < -0.3 is 13.9 Å². The van der Waals surface area contributed by atoms with Crippen LogP contribution < -0.4 is 0 Å². The first kappa shape index (κ1) is 30.3. The van der Waals surface area contributed by atoms with Crippen LogP contribution in [-0.4, -0.2) is 78.4 Å². The van der Waals surface area contributed by atoms with Crippen molar-refractivity contribution in [3.8, 4) is 0 Å². The second-order valence-electron chi connectivity index (χ2n) is 12.3. The van der Waals surface area contributed by atoms with E-state index in [4.69, 9.17) is 9.05 Å². The summed E-state index contributed by atoms with van der Waals surface area (Å²) in [5, 5.41) is 0. The Bertz CT molecular complexity index is 589. The highest BCUT2D eigenvalue weighted by Crippen LogP contribution is 2.46. The highest BCUT2D eigenvalue weighted by Gasteiger charge is 2.31. The number of hydrogen-bond donors (Lipinski definition) is 0. The Labute approximate surface area is 223 Å². The van der Waals surface area contributed by atoms with Gasteiger partial charge in [0.05, 0.1) is 19.8 Å².